The molecule has 0 saturated carbocycles. The van der Waals surface area contributed by atoms with Gasteiger partial charge in [-0.3, -0.25) is 9.79 Å². The van der Waals surface area contributed by atoms with Crippen molar-refractivity contribution < 1.29 is 9.18 Å². The molecular formula is C27H20ClFN4O. The lowest BCUT2D eigenvalue weighted by molar-refractivity contribution is -0.116. The van der Waals surface area contributed by atoms with Crippen LogP contribution in [-0.2, 0) is 17.8 Å². The first-order valence-corrected chi connectivity index (χ1v) is 11.2. The molecule has 4 aromatic rings. The van der Waals surface area contributed by atoms with Crippen molar-refractivity contribution in [2.75, 3.05) is 5.32 Å². The summed E-state index contributed by atoms with van der Waals surface area (Å²) in [5.74, 6) is 0.193. The molecule has 0 amide bonds. The fraction of sp³-hybridized carbons (Fsp3) is 0.111. The number of rotatable bonds is 5. The zero-order valence-electron chi connectivity index (χ0n) is 18.3. The van der Waals surface area contributed by atoms with E-state index in [1.54, 1.807) is 43.5 Å². The molecule has 0 aliphatic carbocycles. The summed E-state index contributed by atoms with van der Waals surface area (Å²) in [5, 5.41) is 3.75. The Labute approximate surface area is 201 Å². The smallest absolute Gasteiger partial charge is 0.227 e. The van der Waals surface area contributed by atoms with Crippen LogP contribution in [0, 0.1) is 5.82 Å². The van der Waals surface area contributed by atoms with Gasteiger partial charge in [0.2, 0.25) is 5.95 Å². The Balaban J connectivity index is 1.53. The van der Waals surface area contributed by atoms with Crippen LogP contribution in [0.4, 0.5) is 16.0 Å². The zero-order valence-corrected chi connectivity index (χ0v) is 19.1. The topological polar surface area (TPSA) is 67.2 Å². The van der Waals surface area contributed by atoms with Crippen LogP contribution in [0.15, 0.2) is 77.9 Å². The van der Waals surface area contributed by atoms with Gasteiger partial charge in [0.05, 0.1) is 18.0 Å². The zero-order chi connectivity index (χ0) is 23.7. The van der Waals surface area contributed by atoms with Crippen molar-refractivity contribution in [2.24, 2.45) is 4.99 Å². The highest BCUT2D eigenvalue weighted by Gasteiger charge is 2.23. The molecule has 0 radical (unpaired) electrons. The van der Waals surface area contributed by atoms with Crippen LogP contribution in [0.2, 0.25) is 5.02 Å². The number of anilines is 2. The summed E-state index contributed by atoms with van der Waals surface area (Å²) in [4.78, 5) is 25.3. The van der Waals surface area contributed by atoms with Gasteiger partial charge in [0, 0.05) is 45.6 Å². The second-order valence-corrected chi connectivity index (χ2v) is 8.54. The molecular weight excluding hydrogens is 451 g/mol. The Morgan fingerprint density at radius 1 is 1.03 bits per heavy atom. The first-order valence-electron chi connectivity index (χ1n) is 10.8. The van der Waals surface area contributed by atoms with Crippen LogP contribution in [0.25, 0.3) is 11.3 Å². The van der Waals surface area contributed by atoms with Crippen molar-refractivity contribution in [3.63, 3.8) is 0 Å². The lowest BCUT2D eigenvalue weighted by Gasteiger charge is -2.13. The van der Waals surface area contributed by atoms with Crippen LogP contribution in [0.3, 0.4) is 0 Å². The third kappa shape index (κ3) is 4.45. The van der Waals surface area contributed by atoms with Crippen molar-refractivity contribution in [2.45, 2.75) is 19.9 Å². The predicted octanol–water partition coefficient (Wildman–Crippen LogP) is 6.16. The van der Waals surface area contributed by atoms with Gasteiger partial charge in [-0.15, -0.1) is 0 Å². The molecule has 2 heterocycles. The number of Topliss-reactive ketones (excluding diaryl/α,β-unsaturated/α-hetero) is 1. The second kappa shape index (κ2) is 9.15. The first kappa shape index (κ1) is 21.9. The van der Waals surface area contributed by atoms with Gasteiger partial charge in [-0.25, -0.2) is 14.4 Å². The summed E-state index contributed by atoms with van der Waals surface area (Å²) >= 11 is 6.32. The molecule has 0 spiro atoms. The summed E-state index contributed by atoms with van der Waals surface area (Å²) < 4.78 is 14.7. The molecule has 0 bridgehead atoms. The number of hydrogen-bond acceptors (Lipinski definition) is 5. The standard InChI is InChI=1S/C27H20ClFN4O/c1-16(34)12-17-6-9-20(10-7-17)32-27-31-15-18-14-30-26(22-4-2-3-5-24(22)29)23-13-19(28)8-11-21(23)25(18)33-27/h2-11,13,15H,12,14H2,1H3,(H,31,32,33). The number of nitrogens with one attached hydrogen (secondary N) is 1. The molecule has 34 heavy (non-hydrogen) atoms. The first-order chi connectivity index (χ1) is 16.5. The highest BCUT2D eigenvalue weighted by Crippen LogP contribution is 2.34. The normalized spacial score (nSPS) is 12.3. The minimum absolute atomic E-state index is 0.116. The Kier molecular flexibility index (Phi) is 5.90. The van der Waals surface area contributed by atoms with E-state index in [-0.39, 0.29) is 11.6 Å². The maximum Gasteiger partial charge on any atom is 0.227 e. The van der Waals surface area contributed by atoms with Crippen molar-refractivity contribution >= 4 is 34.7 Å². The quantitative estimate of drug-likeness (QED) is 0.379. The molecule has 1 aromatic heterocycles. The van der Waals surface area contributed by atoms with Gasteiger partial charge < -0.3 is 5.32 Å². The van der Waals surface area contributed by atoms with Crippen molar-refractivity contribution in [3.8, 4) is 11.3 Å². The Morgan fingerprint density at radius 3 is 2.59 bits per heavy atom. The molecule has 1 aliphatic rings. The summed E-state index contributed by atoms with van der Waals surface area (Å²) in [5.41, 5.74) is 5.77. The Morgan fingerprint density at radius 2 is 1.82 bits per heavy atom. The maximum absolute atomic E-state index is 14.7. The van der Waals surface area contributed by atoms with Crippen LogP contribution in [0.1, 0.15) is 29.2 Å². The average Bonchev–Trinajstić information content (AvgIpc) is 2.97. The van der Waals surface area contributed by atoms with E-state index < -0.39 is 0 Å². The summed E-state index contributed by atoms with van der Waals surface area (Å²) in [7, 11) is 0. The number of halogens is 2. The molecule has 168 valence electrons. The van der Waals surface area contributed by atoms with Crippen LogP contribution >= 0.6 is 11.6 Å². The van der Waals surface area contributed by atoms with E-state index in [1.807, 2.05) is 30.3 Å². The van der Waals surface area contributed by atoms with Crippen molar-refractivity contribution in [1.82, 2.24) is 9.97 Å². The van der Waals surface area contributed by atoms with Gasteiger partial charge in [0.25, 0.3) is 0 Å². The van der Waals surface area contributed by atoms with E-state index in [2.05, 4.69) is 10.3 Å². The van der Waals surface area contributed by atoms with Gasteiger partial charge in [-0.05, 0) is 48.9 Å². The van der Waals surface area contributed by atoms with Crippen molar-refractivity contribution in [1.29, 1.82) is 0 Å². The number of fused-ring (bicyclic) bond motifs is 3. The molecule has 0 saturated heterocycles. The SMILES string of the molecule is CC(=O)Cc1ccc(Nc2ncc3c(n2)-c2ccc(Cl)cc2C(c2ccccc2F)=NC3)cc1. The molecule has 5 nitrogen and oxygen atoms in total. The van der Waals surface area contributed by atoms with Crippen LogP contribution in [-0.4, -0.2) is 21.5 Å². The maximum atomic E-state index is 14.7. The highest BCUT2D eigenvalue weighted by atomic mass is 35.5. The molecule has 0 unspecified atom stereocenters. The van der Waals surface area contributed by atoms with Crippen molar-refractivity contribution in [3.05, 3.63) is 106 Å². The average molecular weight is 471 g/mol. The van der Waals surface area contributed by atoms with Gasteiger partial charge >= 0.3 is 0 Å². The van der Waals surface area contributed by atoms with E-state index in [9.17, 15) is 9.18 Å². The van der Waals surface area contributed by atoms with Crippen LogP contribution < -0.4 is 5.32 Å². The number of hydrogen-bond donors (Lipinski definition) is 1. The number of carbonyl (C=O) groups excluding carboxylic acids is 1. The molecule has 5 rings (SSSR count). The largest absolute Gasteiger partial charge is 0.324 e. The molecule has 1 N–H and O–H groups in total. The van der Waals surface area contributed by atoms with Gasteiger partial charge in [0.1, 0.15) is 11.6 Å². The fourth-order valence-corrected chi connectivity index (χ4v) is 4.16. The highest BCUT2D eigenvalue weighted by molar-refractivity contribution is 6.31. The molecule has 0 atom stereocenters. The fourth-order valence-electron chi connectivity index (χ4n) is 3.99. The molecule has 0 fully saturated rings. The summed E-state index contributed by atoms with van der Waals surface area (Å²) in [6.07, 6.45) is 2.14. The number of benzene rings is 3. The third-order valence-corrected chi connectivity index (χ3v) is 5.79. The minimum Gasteiger partial charge on any atom is -0.324 e. The number of nitrogens with zero attached hydrogens (tertiary/aromatic N) is 3. The van der Waals surface area contributed by atoms with Gasteiger partial charge in [0.15, 0.2) is 0 Å². The van der Waals surface area contributed by atoms with E-state index in [0.29, 0.717) is 40.9 Å². The molecule has 3 aromatic carbocycles. The minimum atomic E-state index is -0.347. The van der Waals surface area contributed by atoms with E-state index >= 15 is 0 Å². The Bertz CT molecular complexity index is 1430. The lowest BCUT2D eigenvalue weighted by atomic mass is 9.95. The van der Waals surface area contributed by atoms with E-state index in [4.69, 9.17) is 21.6 Å². The Hall–Kier alpha value is -3.90. The summed E-state index contributed by atoms with van der Waals surface area (Å²) in [6, 6.07) is 19.6. The number of aliphatic imine (C=N–C) groups is 1. The van der Waals surface area contributed by atoms with Crippen LogP contribution in [0.5, 0.6) is 0 Å². The van der Waals surface area contributed by atoms with E-state index in [0.717, 1.165) is 27.9 Å². The summed E-state index contributed by atoms with van der Waals surface area (Å²) in [6.45, 7) is 1.88. The molecule has 1 aliphatic heterocycles. The number of aromatic nitrogens is 2. The van der Waals surface area contributed by atoms with Gasteiger partial charge in [-0.1, -0.05) is 41.9 Å². The second-order valence-electron chi connectivity index (χ2n) is 8.10. The lowest BCUT2D eigenvalue weighted by Crippen LogP contribution is -2.07. The number of carbonyl (C=O) groups is 1. The predicted molar refractivity (Wildman–Crippen MR) is 132 cm³/mol. The third-order valence-electron chi connectivity index (χ3n) is 5.56. The van der Waals surface area contributed by atoms with E-state index in [1.165, 1.54) is 6.07 Å². The van der Waals surface area contributed by atoms with Gasteiger partial charge in [-0.2, -0.15) is 0 Å². The molecule has 7 heteroatoms. The monoisotopic (exact) mass is 470 g/mol. The number of ketones is 1.